The van der Waals surface area contributed by atoms with E-state index in [9.17, 15) is 23.3 Å². The Hall–Kier alpha value is -3.68. The maximum Gasteiger partial charge on any atom is 0.338 e. The molecular weight excluding hydrogens is 468 g/mol. The first-order valence-electron chi connectivity index (χ1n) is 11.1. The van der Waals surface area contributed by atoms with Crippen LogP contribution in [0.2, 0.25) is 0 Å². The van der Waals surface area contributed by atoms with Crippen molar-refractivity contribution >= 4 is 33.2 Å². The fourth-order valence-electron chi connectivity index (χ4n) is 4.03. The van der Waals surface area contributed by atoms with Gasteiger partial charge in [0.25, 0.3) is 0 Å². The molecule has 0 aliphatic carbocycles. The number of rotatable bonds is 8. The van der Waals surface area contributed by atoms with Gasteiger partial charge in [0.1, 0.15) is 17.5 Å². The zero-order valence-electron chi connectivity index (χ0n) is 20.4. The molecule has 9 nitrogen and oxygen atoms in total. The van der Waals surface area contributed by atoms with Gasteiger partial charge in [-0.15, -0.1) is 0 Å². The van der Waals surface area contributed by atoms with Crippen molar-refractivity contribution in [1.82, 2.24) is 4.31 Å². The lowest BCUT2D eigenvalue weighted by Crippen LogP contribution is -2.30. The van der Waals surface area contributed by atoms with Crippen LogP contribution in [-0.4, -0.2) is 58.3 Å². The van der Waals surface area contributed by atoms with Crippen LogP contribution in [0.3, 0.4) is 0 Å². The van der Waals surface area contributed by atoms with Crippen LogP contribution < -0.4 is 9.80 Å². The first kappa shape index (κ1) is 25.9. The van der Waals surface area contributed by atoms with Crippen molar-refractivity contribution in [2.24, 2.45) is 0 Å². The minimum atomic E-state index is -3.78. The Bertz CT molecular complexity index is 1310. The van der Waals surface area contributed by atoms with Crippen molar-refractivity contribution in [3.63, 3.8) is 0 Å². The number of nitriles is 1. The van der Waals surface area contributed by atoms with E-state index >= 15 is 0 Å². The van der Waals surface area contributed by atoms with E-state index in [4.69, 9.17) is 4.74 Å². The average molecular weight is 497 g/mol. The molecule has 0 aromatic heterocycles. The standard InChI is InChI=1S/C25H28N4O5S/c1-6-29(7-2)35(32,33)18-13-12-17(3)19(14-18)25(31)34-16-23(30)20(15-26)24-27(4)21-10-8-9-11-22(21)28(24)5/h8-14H,6-7,16H2,1-5H3. The van der Waals surface area contributed by atoms with Gasteiger partial charge < -0.3 is 14.5 Å². The quantitative estimate of drug-likeness (QED) is 0.311. The van der Waals surface area contributed by atoms with E-state index in [0.717, 1.165) is 11.4 Å². The van der Waals surface area contributed by atoms with Gasteiger partial charge in [0.2, 0.25) is 15.8 Å². The van der Waals surface area contributed by atoms with E-state index in [2.05, 4.69) is 0 Å². The van der Waals surface area contributed by atoms with Gasteiger partial charge in [-0.25, -0.2) is 13.2 Å². The summed E-state index contributed by atoms with van der Waals surface area (Å²) in [6.07, 6.45) is 0. The molecular formula is C25H28N4O5S. The van der Waals surface area contributed by atoms with Crippen LogP contribution in [0.15, 0.2) is 58.8 Å². The van der Waals surface area contributed by atoms with Crippen LogP contribution in [0, 0.1) is 18.3 Å². The molecule has 1 heterocycles. The van der Waals surface area contributed by atoms with Crippen LogP contribution in [0.25, 0.3) is 0 Å². The molecule has 0 atom stereocenters. The summed E-state index contributed by atoms with van der Waals surface area (Å²) in [5.41, 5.74) is 2.08. The van der Waals surface area contributed by atoms with Crippen molar-refractivity contribution in [2.75, 3.05) is 43.6 Å². The number of hydrogen-bond acceptors (Lipinski definition) is 8. The summed E-state index contributed by atoms with van der Waals surface area (Å²) < 4.78 is 32.2. The van der Waals surface area contributed by atoms with Gasteiger partial charge in [-0.2, -0.15) is 9.57 Å². The number of carbonyl (C=O) groups excluding carboxylic acids is 2. The number of ether oxygens (including phenoxy) is 1. The number of carbonyl (C=O) groups is 2. The summed E-state index contributed by atoms with van der Waals surface area (Å²) in [6.45, 7) is 5.03. The zero-order chi connectivity index (χ0) is 25.9. The van der Waals surface area contributed by atoms with E-state index in [1.165, 1.54) is 22.5 Å². The molecule has 184 valence electrons. The molecule has 35 heavy (non-hydrogen) atoms. The summed E-state index contributed by atoms with van der Waals surface area (Å²) in [5, 5.41) is 9.73. The number of Topliss-reactive ketones (excluding diaryl/α,β-unsaturated/α-hetero) is 1. The number of sulfonamides is 1. The summed E-state index contributed by atoms with van der Waals surface area (Å²) >= 11 is 0. The second kappa shape index (κ2) is 10.3. The third-order valence-electron chi connectivity index (χ3n) is 5.96. The second-order valence-electron chi connectivity index (χ2n) is 7.98. The maximum absolute atomic E-state index is 12.9. The van der Waals surface area contributed by atoms with Gasteiger partial charge in [-0.1, -0.05) is 32.0 Å². The average Bonchev–Trinajstić information content (AvgIpc) is 3.09. The molecule has 1 aliphatic heterocycles. The van der Waals surface area contributed by atoms with Crippen molar-refractivity contribution in [1.29, 1.82) is 5.26 Å². The highest BCUT2D eigenvalue weighted by atomic mass is 32.2. The van der Waals surface area contributed by atoms with Crippen LogP contribution in [0.4, 0.5) is 11.4 Å². The van der Waals surface area contributed by atoms with Crippen molar-refractivity contribution in [2.45, 2.75) is 25.7 Å². The molecule has 2 aromatic carbocycles. The largest absolute Gasteiger partial charge is 0.454 e. The molecule has 0 N–H and O–H groups in total. The fourth-order valence-corrected chi connectivity index (χ4v) is 5.52. The molecule has 2 aromatic rings. The number of aryl methyl sites for hydroxylation is 1. The fraction of sp³-hybridized carbons (Fsp3) is 0.320. The van der Waals surface area contributed by atoms with E-state index in [-0.39, 0.29) is 16.0 Å². The lowest BCUT2D eigenvalue weighted by molar-refractivity contribution is -0.118. The lowest BCUT2D eigenvalue weighted by atomic mass is 10.1. The zero-order valence-corrected chi connectivity index (χ0v) is 21.2. The Labute approximate surface area is 205 Å². The third kappa shape index (κ3) is 4.78. The molecule has 0 fully saturated rings. The molecule has 10 heteroatoms. The Morgan fingerprint density at radius 1 is 1.03 bits per heavy atom. The second-order valence-corrected chi connectivity index (χ2v) is 9.92. The Balaban J connectivity index is 1.83. The highest BCUT2D eigenvalue weighted by Crippen LogP contribution is 2.40. The number of nitrogens with zero attached hydrogens (tertiary/aromatic N) is 4. The van der Waals surface area contributed by atoms with Crippen LogP contribution in [0.5, 0.6) is 0 Å². The number of para-hydroxylation sites is 2. The molecule has 0 radical (unpaired) electrons. The molecule has 0 saturated carbocycles. The molecule has 3 rings (SSSR count). The molecule has 1 aliphatic rings. The normalized spacial score (nSPS) is 13.0. The van der Waals surface area contributed by atoms with Gasteiger partial charge >= 0.3 is 5.97 Å². The Kier molecular flexibility index (Phi) is 7.63. The number of hydrogen-bond donors (Lipinski definition) is 0. The van der Waals surface area contributed by atoms with E-state index in [0.29, 0.717) is 24.5 Å². The number of ketones is 1. The topological polar surface area (TPSA) is 111 Å². The number of anilines is 2. The summed E-state index contributed by atoms with van der Waals surface area (Å²) in [7, 11) is -0.276. The Morgan fingerprint density at radius 2 is 1.60 bits per heavy atom. The molecule has 0 spiro atoms. The summed E-state index contributed by atoms with van der Waals surface area (Å²) in [4.78, 5) is 29.1. The predicted octanol–water partition coefficient (Wildman–Crippen LogP) is 3.07. The smallest absolute Gasteiger partial charge is 0.338 e. The first-order valence-corrected chi connectivity index (χ1v) is 12.5. The third-order valence-corrected chi connectivity index (χ3v) is 8.01. The van der Waals surface area contributed by atoms with Crippen molar-refractivity contribution in [3.8, 4) is 6.07 Å². The number of esters is 1. The molecule has 0 amide bonds. The van der Waals surface area contributed by atoms with Crippen LogP contribution in [-0.2, 0) is 19.6 Å². The highest BCUT2D eigenvalue weighted by molar-refractivity contribution is 7.89. The molecule has 0 unspecified atom stereocenters. The maximum atomic E-state index is 12.9. The van der Waals surface area contributed by atoms with E-state index in [1.54, 1.807) is 44.7 Å². The Morgan fingerprint density at radius 3 is 2.11 bits per heavy atom. The summed E-state index contributed by atoms with van der Waals surface area (Å²) in [5.74, 6) is -1.11. The SMILES string of the molecule is CCN(CC)S(=O)(=O)c1ccc(C)c(C(=O)OCC(=O)C(C#N)=C2N(C)c3ccccc3N2C)c1. The minimum absolute atomic E-state index is 0.0307. The lowest BCUT2D eigenvalue weighted by Gasteiger charge is -2.20. The van der Waals surface area contributed by atoms with Gasteiger partial charge in [0, 0.05) is 27.2 Å². The number of benzene rings is 2. The molecule has 0 bridgehead atoms. The molecule has 0 saturated heterocycles. The van der Waals surface area contributed by atoms with E-state index < -0.39 is 28.4 Å². The van der Waals surface area contributed by atoms with Crippen molar-refractivity contribution in [3.05, 3.63) is 65.0 Å². The van der Waals surface area contributed by atoms with Gasteiger partial charge in [-0.05, 0) is 36.8 Å². The predicted molar refractivity (Wildman–Crippen MR) is 132 cm³/mol. The highest BCUT2D eigenvalue weighted by Gasteiger charge is 2.32. The number of fused-ring (bicyclic) bond motifs is 1. The van der Waals surface area contributed by atoms with Gasteiger partial charge in [0.15, 0.2) is 6.61 Å². The minimum Gasteiger partial charge on any atom is -0.454 e. The van der Waals surface area contributed by atoms with Gasteiger partial charge in [-0.3, -0.25) is 4.79 Å². The van der Waals surface area contributed by atoms with Crippen LogP contribution >= 0.6 is 0 Å². The first-order chi connectivity index (χ1) is 16.6. The van der Waals surface area contributed by atoms with Crippen LogP contribution in [0.1, 0.15) is 29.8 Å². The van der Waals surface area contributed by atoms with E-state index in [1.807, 2.05) is 30.3 Å². The van der Waals surface area contributed by atoms with Crippen molar-refractivity contribution < 1.29 is 22.7 Å². The monoisotopic (exact) mass is 496 g/mol. The summed E-state index contributed by atoms with van der Waals surface area (Å²) in [6, 6.07) is 13.6. The van der Waals surface area contributed by atoms with Gasteiger partial charge in [0.05, 0.1) is 21.8 Å².